The Morgan fingerprint density at radius 3 is 2.44 bits per heavy atom. The summed E-state index contributed by atoms with van der Waals surface area (Å²) in [5.74, 6) is 0.672. The van der Waals surface area contributed by atoms with E-state index < -0.39 is 0 Å². The molecule has 0 bridgehead atoms. The van der Waals surface area contributed by atoms with Crippen LogP contribution in [0.4, 0.5) is 5.82 Å². The van der Waals surface area contributed by atoms with Crippen molar-refractivity contribution in [2.45, 2.75) is 26.7 Å². The number of nitrogens with zero attached hydrogens (tertiary/aromatic N) is 1. The van der Waals surface area contributed by atoms with Gasteiger partial charge in [0.15, 0.2) is 0 Å². The molecule has 0 radical (unpaired) electrons. The van der Waals surface area contributed by atoms with E-state index in [-0.39, 0.29) is 12.4 Å². The molecule has 1 aromatic heterocycles. The van der Waals surface area contributed by atoms with E-state index >= 15 is 0 Å². The van der Waals surface area contributed by atoms with Gasteiger partial charge in [-0.3, -0.25) is 0 Å². The molecule has 86 valence electrons. The molecule has 0 amide bonds. The Morgan fingerprint density at radius 1 is 1.12 bits per heavy atom. The Kier molecular flexibility index (Phi) is 4.13. The van der Waals surface area contributed by atoms with Crippen molar-refractivity contribution in [2.75, 3.05) is 5.73 Å². The van der Waals surface area contributed by atoms with Crippen LogP contribution in [0.1, 0.15) is 25.0 Å². The maximum absolute atomic E-state index is 5.91. The minimum absolute atomic E-state index is 0. The van der Waals surface area contributed by atoms with Gasteiger partial charge in [-0.25, -0.2) is 4.98 Å². The number of halogens is 1. The van der Waals surface area contributed by atoms with Gasteiger partial charge in [0.25, 0.3) is 0 Å². The molecule has 0 saturated carbocycles. The van der Waals surface area contributed by atoms with Crippen molar-refractivity contribution >= 4 is 29.1 Å². The largest absolute Gasteiger partial charge is 0.383 e. The van der Waals surface area contributed by atoms with Gasteiger partial charge in [0, 0.05) is 5.39 Å². The van der Waals surface area contributed by atoms with Gasteiger partial charge in [-0.2, -0.15) is 0 Å². The number of anilines is 1. The lowest BCUT2D eigenvalue weighted by molar-refractivity contribution is 1.11. The maximum Gasteiger partial charge on any atom is 0.127 e. The number of aromatic nitrogens is 1. The van der Waals surface area contributed by atoms with Crippen LogP contribution >= 0.6 is 12.4 Å². The Hall–Kier alpha value is -1.28. The number of fused-ring (bicyclic) bond motifs is 1. The van der Waals surface area contributed by atoms with Crippen LogP contribution in [0.15, 0.2) is 24.3 Å². The van der Waals surface area contributed by atoms with Crippen LogP contribution in [-0.2, 0) is 12.8 Å². The molecular formula is C13H17ClN2. The molecule has 1 aromatic carbocycles. The molecule has 0 atom stereocenters. The van der Waals surface area contributed by atoms with E-state index in [1.165, 1.54) is 10.9 Å². The lowest BCUT2D eigenvalue weighted by atomic mass is 10.0. The molecule has 1 heterocycles. The molecule has 0 saturated heterocycles. The minimum Gasteiger partial charge on any atom is -0.383 e. The van der Waals surface area contributed by atoms with Gasteiger partial charge in [-0.15, -0.1) is 12.4 Å². The first kappa shape index (κ1) is 12.8. The van der Waals surface area contributed by atoms with Crippen LogP contribution < -0.4 is 5.73 Å². The van der Waals surface area contributed by atoms with E-state index in [0.29, 0.717) is 5.82 Å². The van der Waals surface area contributed by atoms with E-state index in [2.05, 4.69) is 43.1 Å². The normalized spacial score (nSPS) is 10.1. The van der Waals surface area contributed by atoms with Gasteiger partial charge < -0.3 is 5.73 Å². The minimum atomic E-state index is 0. The zero-order chi connectivity index (χ0) is 10.8. The first-order valence-electron chi connectivity index (χ1n) is 5.43. The summed E-state index contributed by atoms with van der Waals surface area (Å²) >= 11 is 0. The topological polar surface area (TPSA) is 38.9 Å². The number of aryl methyl sites for hydroxylation is 2. The highest BCUT2D eigenvalue weighted by molar-refractivity contribution is 5.85. The number of rotatable bonds is 2. The van der Waals surface area contributed by atoms with Gasteiger partial charge in [0.05, 0.1) is 5.52 Å². The molecular weight excluding hydrogens is 220 g/mol. The molecule has 2 nitrogen and oxygen atoms in total. The van der Waals surface area contributed by atoms with Crippen molar-refractivity contribution in [2.24, 2.45) is 0 Å². The number of nitrogen functional groups attached to an aromatic ring is 1. The number of benzene rings is 1. The second-order valence-corrected chi connectivity index (χ2v) is 3.73. The Bertz CT molecular complexity index is 495. The highest BCUT2D eigenvalue weighted by atomic mass is 35.5. The molecule has 0 unspecified atom stereocenters. The van der Waals surface area contributed by atoms with Crippen LogP contribution in [-0.4, -0.2) is 4.98 Å². The number of hydrogen-bond acceptors (Lipinski definition) is 2. The third-order valence-corrected chi connectivity index (χ3v) is 2.80. The van der Waals surface area contributed by atoms with Gasteiger partial charge >= 0.3 is 0 Å². The fraction of sp³-hybridized carbons (Fsp3) is 0.308. The van der Waals surface area contributed by atoms with Crippen LogP contribution in [0.5, 0.6) is 0 Å². The zero-order valence-electron chi connectivity index (χ0n) is 9.66. The highest BCUT2D eigenvalue weighted by Gasteiger charge is 2.04. The monoisotopic (exact) mass is 236 g/mol. The summed E-state index contributed by atoms with van der Waals surface area (Å²) in [7, 11) is 0. The summed E-state index contributed by atoms with van der Waals surface area (Å²) in [5.41, 5.74) is 9.36. The molecule has 0 aliphatic rings. The molecule has 0 fully saturated rings. The van der Waals surface area contributed by atoms with E-state index in [0.717, 1.165) is 23.9 Å². The zero-order valence-corrected chi connectivity index (χ0v) is 10.5. The molecule has 0 aliphatic heterocycles. The molecule has 3 heteroatoms. The molecule has 16 heavy (non-hydrogen) atoms. The van der Waals surface area contributed by atoms with E-state index in [1.807, 2.05) is 0 Å². The summed E-state index contributed by atoms with van der Waals surface area (Å²) in [5, 5.41) is 1.19. The fourth-order valence-electron chi connectivity index (χ4n) is 1.89. The van der Waals surface area contributed by atoms with Gasteiger partial charge in [0.2, 0.25) is 0 Å². The van der Waals surface area contributed by atoms with Crippen LogP contribution in [0, 0.1) is 0 Å². The lowest BCUT2D eigenvalue weighted by Gasteiger charge is -2.07. The number of nitrogens with two attached hydrogens (primary N) is 1. The molecule has 0 spiro atoms. The first-order chi connectivity index (χ1) is 7.26. The summed E-state index contributed by atoms with van der Waals surface area (Å²) < 4.78 is 0. The number of hydrogen-bond donors (Lipinski definition) is 1. The van der Waals surface area contributed by atoms with Gasteiger partial charge in [0.1, 0.15) is 5.82 Å². The standard InChI is InChI=1S/C13H16N2.ClH/c1-3-9-6-5-7-11-8-10(4-2)13(14)15-12(9)11;/h5-8H,3-4H2,1-2H3,(H2,14,15);1H. The SMILES string of the molecule is CCc1cc2cccc(CC)c2nc1N.Cl. The summed E-state index contributed by atoms with van der Waals surface area (Å²) in [6, 6.07) is 8.44. The summed E-state index contributed by atoms with van der Waals surface area (Å²) in [4.78, 5) is 4.50. The third kappa shape index (κ3) is 2.12. The molecule has 2 rings (SSSR count). The highest BCUT2D eigenvalue weighted by Crippen LogP contribution is 2.22. The van der Waals surface area contributed by atoms with Gasteiger partial charge in [-0.1, -0.05) is 32.0 Å². The Balaban J connectivity index is 0.00000128. The maximum atomic E-state index is 5.91. The number of pyridine rings is 1. The number of para-hydroxylation sites is 1. The lowest BCUT2D eigenvalue weighted by Crippen LogP contribution is -1.98. The smallest absolute Gasteiger partial charge is 0.127 e. The first-order valence-corrected chi connectivity index (χ1v) is 5.43. The van der Waals surface area contributed by atoms with E-state index in [9.17, 15) is 0 Å². The Labute approximate surface area is 102 Å². The molecule has 2 aromatic rings. The van der Waals surface area contributed by atoms with E-state index in [4.69, 9.17) is 5.73 Å². The van der Waals surface area contributed by atoms with Crippen molar-refractivity contribution < 1.29 is 0 Å². The summed E-state index contributed by atoms with van der Waals surface area (Å²) in [6.45, 7) is 4.24. The van der Waals surface area contributed by atoms with Crippen molar-refractivity contribution in [3.8, 4) is 0 Å². The summed E-state index contributed by atoms with van der Waals surface area (Å²) in [6.07, 6.45) is 1.93. The van der Waals surface area contributed by atoms with Crippen LogP contribution in [0.3, 0.4) is 0 Å². The second kappa shape index (κ2) is 5.17. The van der Waals surface area contributed by atoms with Gasteiger partial charge in [-0.05, 0) is 30.0 Å². The van der Waals surface area contributed by atoms with Crippen molar-refractivity contribution in [3.63, 3.8) is 0 Å². The fourth-order valence-corrected chi connectivity index (χ4v) is 1.89. The quantitative estimate of drug-likeness (QED) is 0.869. The van der Waals surface area contributed by atoms with Crippen LogP contribution in [0.2, 0.25) is 0 Å². The van der Waals surface area contributed by atoms with Crippen molar-refractivity contribution in [1.29, 1.82) is 0 Å². The average Bonchev–Trinajstić information content (AvgIpc) is 2.27. The molecule has 2 N–H and O–H groups in total. The van der Waals surface area contributed by atoms with Crippen LogP contribution in [0.25, 0.3) is 10.9 Å². The second-order valence-electron chi connectivity index (χ2n) is 3.73. The predicted molar refractivity (Wildman–Crippen MR) is 72.2 cm³/mol. The van der Waals surface area contributed by atoms with Crippen molar-refractivity contribution in [1.82, 2.24) is 4.98 Å². The van der Waals surface area contributed by atoms with Crippen molar-refractivity contribution in [3.05, 3.63) is 35.4 Å². The Morgan fingerprint density at radius 2 is 1.81 bits per heavy atom. The predicted octanol–water partition coefficient (Wildman–Crippen LogP) is 3.36. The van der Waals surface area contributed by atoms with E-state index in [1.54, 1.807) is 0 Å². The third-order valence-electron chi connectivity index (χ3n) is 2.80. The average molecular weight is 237 g/mol. The molecule has 0 aliphatic carbocycles.